The van der Waals surface area contributed by atoms with E-state index >= 15 is 0 Å². The van der Waals surface area contributed by atoms with Crippen molar-refractivity contribution in [2.24, 2.45) is 0 Å². The van der Waals surface area contributed by atoms with E-state index in [1.165, 1.54) is 18.2 Å². The van der Waals surface area contributed by atoms with E-state index in [0.29, 0.717) is 0 Å². The molecule has 3 aromatic carbocycles. The van der Waals surface area contributed by atoms with Crippen molar-refractivity contribution < 1.29 is 19.1 Å². The SMILES string of the molecule is O=C(Oc1ccccc1)N(C(=O)Oc1ccccc1)c1cc(Cl)cc(Cl)c1. The molecule has 0 atom stereocenters. The van der Waals surface area contributed by atoms with Gasteiger partial charge in [-0.15, -0.1) is 0 Å². The molecular formula is C20H13Cl2NO4. The molecule has 0 radical (unpaired) electrons. The van der Waals surface area contributed by atoms with Crippen LogP contribution >= 0.6 is 23.2 Å². The Hall–Kier alpha value is -3.02. The molecule has 0 spiro atoms. The molecule has 27 heavy (non-hydrogen) atoms. The third kappa shape index (κ3) is 5.00. The van der Waals surface area contributed by atoms with Crippen molar-refractivity contribution in [2.45, 2.75) is 0 Å². The molecule has 0 saturated heterocycles. The van der Waals surface area contributed by atoms with Crippen LogP contribution in [0.15, 0.2) is 78.9 Å². The van der Waals surface area contributed by atoms with Gasteiger partial charge in [0.2, 0.25) is 0 Å². The van der Waals surface area contributed by atoms with Gasteiger partial charge in [0.1, 0.15) is 11.5 Å². The summed E-state index contributed by atoms with van der Waals surface area (Å²) in [6.45, 7) is 0. The first kappa shape index (κ1) is 18.8. The second-order valence-corrected chi connectivity index (χ2v) is 6.20. The van der Waals surface area contributed by atoms with Gasteiger partial charge < -0.3 is 9.47 Å². The second kappa shape index (κ2) is 8.58. The third-order valence-electron chi connectivity index (χ3n) is 3.37. The number of halogens is 2. The van der Waals surface area contributed by atoms with Crippen molar-refractivity contribution in [3.05, 3.63) is 88.9 Å². The Morgan fingerprint density at radius 1 is 0.667 bits per heavy atom. The van der Waals surface area contributed by atoms with Gasteiger partial charge in [-0.1, -0.05) is 59.6 Å². The molecule has 0 unspecified atom stereocenters. The standard InChI is InChI=1S/C20H13Cl2NO4/c21-14-11-15(22)13-16(12-14)23(19(24)26-17-7-3-1-4-8-17)20(25)27-18-9-5-2-6-10-18/h1-13H. The number of ether oxygens (including phenoxy) is 2. The maximum Gasteiger partial charge on any atom is 0.429 e. The molecule has 3 aromatic rings. The zero-order valence-electron chi connectivity index (χ0n) is 13.8. The van der Waals surface area contributed by atoms with Crippen LogP contribution in [0.2, 0.25) is 10.0 Å². The smallest absolute Gasteiger partial charge is 0.410 e. The molecule has 136 valence electrons. The number of imide groups is 1. The normalized spacial score (nSPS) is 10.1. The first-order valence-electron chi connectivity index (χ1n) is 7.83. The number of carbonyl (C=O) groups is 2. The van der Waals surface area contributed by atoms with E-state index in [4.69, 9.17) is 32.7 Å². The highest BCUT2D eigenvalue weighted by Gasteiger charge is 2.28. The van der Waals surface area contributed by atoms with E-state index < -0.39 is 12.2 Å². The summed E-state index contributed by atoms with van der Waals surface area (Å²) in [5.41, 5.74) is 0.120. The Labute approximate surface area is 165 Å². The van der Waals surface area contributed by atoms with Gasteiger partial charge in [-0.25, -0.2) is 9.59 Å². The van der Waals surface area contributed by atoms with Crippen molar-refractivity contribution >= 4 is 41.1 Å². The van der Waals surface area contributed by atoms with Crippen LogP contribution in [0.3, 0.4) is 0 Å². The van der Waals surface area contributed by atoms with Crippen LogP contribution in [0.4, 0.5) is 15.3 Å². The van der Waals surface area contributed by atoms with Crippen LogP contribution < -0.4 is 14.4 Å². The third-order valence-corrected chi connectivity index (χ3v) is 3.80. The lowest BCUT2D eigenvalue weighted by Crippen LogP contribution is -2.41. The van der Waals surface area contributed by atoms with Crippen molar-refractivity contribution in [1.29, 1.82) is 0 Å². The topological polar surface area (TPSA) is 55.8 Å². The molecule has 0 fully saturated rings. The van der Waals surface area contributed by atoms with E-state index in [2.05, 4.69) is 0 Å². The van der Waals surface area contributed by atoms with Gasteiger partial charge in [-0.2, -0.15) is 4.90 Å². The minimum Gasteiger partial charge on any atom is -0.410 e. The molecule has 0 aliphatic carbocycles. The molecule has 3 rings (SSSR count). The number of para-hydroxylation sites is 2. The molecular weight excluding hydrogens is 389 g/mol. The first-order chi connectivity index (χ1) is 13.0. The number of amides is 2. The Bertz CT molecular complexity index is 875. The number of nitrogens with zero attached hydrogens (tertiary/aromatic N) is 1. The van der Waals surface area contributed by atoms with Crippen LogP contribution in [0.5, 0.6) is 11.5 Å². The predicted molar refractivity (Wildman–Crippen MR) is 104 cm³/mol. The molecule has 0 saturated carbocycles. The number of hydrogen-bond acceptors (Lipinski definition) is 4. The van der Waals surface area contributed by atoms with E-state index in [1.807, 2.05) is 0 Å². The van der Waals surface area contributed by atoms with Crippen LogP contribution in [-0.2, 0) is 0 Å². The summed E-state index contributed by atoms with van der Waals surface area (Å²) in [6.07, 6.45) is -1.92. The molecule has 0 aromatic heterocycles. The maximum absolute atomic E-state index is 12.7. The van der Waals surface area contributed by atoms with E-state index in [9.17, 15) is 9.59 Å². The summed E-state index contributed by atoms with van der Waals surface area (Å²) in [7, 11) is 0. The average molecular weight is 402 g/mol. The molecule has 0 bridgehead atoms. The minimum absolute atomic E-state index is 0.120. The molecule has 0 N–H and O–H groups in total. The maximum atomic E-state index is 12.7. The fourth-order valence-electron chi connectivity index (χ4n) is 2.22. The van der Waals surface area contributed by atoms with Gasteiger partial charge >= 0.3 is 12.2 Å². The van der Waals surface area contributed by atoms with Crippen LogP contribution in [0.1, 0.15) is 0 Å². The monoisotopic (exact) mass is 401 g/mol. The fraction of sp³-hybridized carbons (Fsp3) is 0. The van der Waals surface area contributed by atoms with Gasteiger partial charge in [0.05, 0.1) is 5.69 Å². The summed E-state index contributed by atoms with van der Waals surface area (Å²) in [5, 5.41) is 0.505. The van der Waals surface area contributed by atoms with Crippen molar-refractivity contribution in [2.75, 3.05) is 4.90 Å². The molecule has 0 aliphatic heterocycles. The van der Waals surface area contributed by atoms with E-state index in [1.54, 1.807) is 60.7 Å². The zero-order chi connectivity index (χ0) is 19.2. The van der Waals surface area contributed by atoms with Gasteiger partial charge in [0.25, 0.3) is 0 Å². The highest BCUT2D eigenvalue weighted by atomic mass is 35.5. The Kier molecular flexibility index (Phi) is 5.96. The van der Waals surface area contributed by atoms with Crippen molar-refractivity contribution in [3.63, 3.8) is 0 Å². The summed E-state index contributed by atoms with van der Waals surface area (Å²) in [5.74, 6) is 0.543. The minimum atomic E-state index is -0.958. The van der Waals surface area contributed by atoms with Gasteiger partial charge in [0, 0.05) is 10.0 Å². The van der Waals surface area contributed by atoms with Crippen LogP contribution in [0.25, 0.3) is 0 Å². The lowest BCUT2D eigenvalue weighted by molar-refractivity contribution is 0.191. The second-order valence-electron chi connectivity index (χ2n) is 5.33. The lowest BCUT2D eigenvalue weighted by atomic mass is 10.3. The predicted octanol–water partition coefficient (Wildman–Crippen LogP) is 6.20. The average Bonchev–Trinajstić information content (AvgIpc) is 2.62. The summed E-state index contributed by atoms with van der Waals surface area (Å²) in [6, 6.07) is 21.0. The van der Waals surface area contributed by atoms with E-state index in [-0.39, 0.29) is 27.2 Å². The molecule has 5 nitrogen and oxygen atoms in total. The van der Waals surface area contributed by atoms with E-state index in [0.717, 1.165) is 4.90 Å². The lowest BCUT2D eigenvalue weighted by Gasteiger charge is -2.20. The number of hydrogen-bond donors (Lipinski definition) is 0. The highest BCUT2D eigenvalue weighted by molar-refractivity contribution is 6.35. The first-order valence-corrected chi connectivity index (χ1v) is 8.58. The van der Waals surface area contributed by atoms with Crippen LogP contribution in [-0.4, -0.2) is 12.2 Å². The zero-order valence-corrected chi connectivity index (χ0v) is 15.4. The fourth-order valence-corrected chi connectivity index (χ4v) is 2.74. The van der Waals surface area contributed by atoms with Crippen LogP contribution in [0, 0.1) is 0 Å². The molecule has 2 amide bonds. The number of rotatable bonds is 3. The number of anilines is 1. The quantitative estimate of drug-likeness (QED) is 0.524. The summed E-state index contributed by atoms with van der Waals surface area (Å²) >= 11 is 12.0. The van der Waals surface area contributed by atoms with Crippen molar-refractivity contribution in [3.8, 4) is 11.5 Å². The Morgan fingerprint density at radius 3 is 1.48 bits per heavy atom. The largest absolute Gasteiger partial charge is 0.429 e. The highest BCUT2D eigenvalue weighted by Crippen LogP contribution is 2.27. The molecule has 0 heterocycles. The number of benzene rings is 3. The Balaban J connectivity index is 1.92. The van der Waals surface area contributed by atoms with Gasteiger partial charge in [0.15, 0.2) is 0 Å². The number of carbonyl (C=O) groups excluding carboxylic acids is 2. The molecule has 0 aliphatic rings. The molecule has 7 heteroatoms. The van der Waals surface area contributed by atoms with Gasteiger partial charge in [-0.05, 0) is 42.5 Å². The summed E-state index contributed by atoms with van der Waals surface area (Å²) < 4.78 is 10.5. The van der Waals surface area contributed by atoms with Gasteiger partial charge in [-0.3, -0.25) is 0 Å². The summed E-state index contributed by atoms with van der Waals surface area (Å²) in [4.78, 5) is 26.1. The van der Waals surface area contributed by atoms with Crippen molar-refractivity contribution in [1.82, 2.24) is 0 Å². The Morgan fingerprint density at radius 2 is 1.07 bits per heavy atom.